The normalized spacial score (nSPS) is 13.5. The van der Waals surface area contributed by atoms with E-state index in [1.807, 2.05) is 0 Å². The Hall–Kier alpha value is -3.12. The number of rotatable bonds is 7. The second-order valence-corrected chi connectivity index (χ2v) is 12.6. The Morgan fingerprint density at radius 2 is 0.767 bits per heavy atom. The van der Waals surface area contributed by atoms with E-state index in [4.69, 9.17) is 9.98 Å². The fraction of sp³-hybridized carbons (Fsp3) is 0.350. The van der Waals surface area contributed by atoms with Gasteiger partial charge in [-0.05, 0) is 126 Å². The third kappa shape index (κ3) is 7.70. The van der Waals surface area contributed by atoms with E-state index < -0.39 is 0 Å². The third-order valence-electron chi connectivity index (χ3n) is 8.74. The maximum atomic E-state index is 5.19. The zero-order chi connectivity index (χ0) is 30.9. The summed E-state index contributed by atoms with van der Waals surface area (Å²) in [4.78, 5) is 10.4. The fourth-order valence-electron chi connectivity index (χ4n) is 6.83. The van der Waals surface area contributed by atoms with Crippen LogP contribution in [0.15, 0.2) is 70.6 Å². The van der Waals surface area contributed by atoms with Gasteiger partial charge >= 0.3 is 0 Å². The molecule has 0 fully saturated rings. The summed E-state index contributed by atoms with van der Waals surface area (Å²) in [6.07, 6.45) is 0. The molecule has 0 aliphatic carbocycles. The SMILES string of the molecule is CC(=Nc1ccc(C)cc1C(C)c1c(C)cc(C)cc1C)C(C)=Nc1ccc(C)cc1C(C)c1c(C)cc(C)cc1C.[Pd]. The molecule has 0 aliphatic rings. The van der Waals surface area contributed by atoms with Gasteiger partial charge in [-0.1, -0.05) is 84.6 Å². The topological polar surface area (TPSA) is 24.7 Å². The van der Waals surface area contributed by atoms with Gasteiger partial charge in [-0.3, -0.25) is 9.98 Å². The Kier molecular flexibility index (Phi) is 11.3. The number of hydrogen-bond acceptors (Lipinski definition) is 2. The van der Waals surface area contributed by atoms with Crippen molar-refractivity contribution in [1.29, 1.82) is 0 Å². The summed E-state index contributed by atoms with van der Waals surface area (Å²) >= 11 is 0. The number of aliphatic imine (C=N–C) groups is 2. The van der Waals surface area contributed by atoms with Crippen molar-refractivity contribution >= 4 is 22.8 Å². The van der Waals surface area contributed by atoms with Crippen molar-refractivity contribution < 1.29 is 20.4 Å². The van der Waals surface area contributed by atoms with Crippen molar-refractivity contribution in [2.24, 2.45) is 9.98 Å². The molecular weight excluding hydrogens is 615 g/mol. The Labute approximate surface area is 274 Å². The first-order valence-corrected chi connectivity index (χ1v) is 15.2. The van der Waals surface area contributed by atoms with Crippen LogP contribution in [0.1, 0.15) is 106 Å². The molecule has 0 saturated heterocycles. The second kappa shape index (κ2) is 14.1. The second-order valence-electron chi connectivity index (χ2n) is 12.6. The van der Waals surface area contributed by atoms with Crippen molar-refractivity contribution in [2.75, 3.05) is 0 Å². The van der Waals surface area contributed by atoms with Crippen LogP contribution in [0.3, 0.4) is 0 Å². The molecule has 2 unspecified atom stereocenters. The van der Waals surface area contributed by atoms with Crippen molar-refractivity contribution in [3.8, 4) is 0 Å². The summed E-state index contributed by atoms with van der Waals surface area (Å²) in [5, 5.41) is 0. The molecule has 0 spiro atoms. The van der Waals surface area contributed by atoms with Gasteiger partial charge in [-0.2, -0.15) is 0 Å². The summed E-state index contributed by atoms with van der Waals surface area (Å²) in [6.45, 7) is 26.4. The first-order valence-electron chi connectivity index (χ1n) is 15.2. The molecule has 0 aromatic heterocycles. The molecule has 4 aromatic carbocycles. The quantitative estimate of drug-likeness (QED) is 0.139. The van der Waals surface area contributed by atoms with Crippen LogP contribution in [0.4, 0.5) is 11.4 Å². The molecule has 0 heterocycles. The summed E-state index contributed by atoms with van der Waals surface area (Å²) in [5.74, 6) is 0.472. The van der Waals surface area contributed by atoms with Gasteiger partial charge in [-0.15, -0.1) is 0 Å². The summed E-state index contributed by atoms with van der Waals surface area (Å²) in [6, 6.07) is 22.4. The maximum Gasteiger partial charge on any atom is 0.0671 e. The predicted molar refractivity (Wildman–Crippen MR) is 184 cm³/mol. The van der Waals surface area contributed by atoms with Crippen LogP contribution in [-0.2, 0) is 20.4 Å². The van der Waals surface area contributed by atoms with Crippen LogP contribution in [0.5, 0.6) is 0 Å². The molecule has 0 amide bonds. The number of benzene rings is 4. The van der Waals surface area contributed by atoms with Crippen molar-refractivity contribution in [3.63, 3.8) is 0 Å². The number of aryl methyl sites for hydroxylation is 8. The fourth-order valence-corrected chi connectivity index (χ4v) is 6.83. The molecule has 4 aromatic rings. The standard InChI is InChI=1S/C40H48N2.Pd/c1-23-13-15-37(35(21-23)31(9)39-27(5)17-25(3)18-28(39)6)41-33(11)34(12)42-38-16-14-24(2)22-36(38)32(10)40-29(7)19-26(4)20-30(40)8;/h13-22,31-32H,1-12H3;. The zero-order valence-corrected chi connectivity index (χ0v) is 29.7. The van der Waals surface area contributed by atoms with Crippen LogP contribution in [0, 0.1) is 55.4 Å². The summed E-state index contributed by atoms with van der Waals surface area (Å²) in [7, 11) is 0. The maximum absolute atomic E-state index is 5.19. The van der Waals surface area contributed by atoms with Gasteiger partial charge in [0.2, 0.25) is 0 Å². The van der Waals surface area contributed by atoms with Gasteiger partial charge in [-0.25, -0.2) is 0 Å². The van der Waals surface area contributed by atoms with Crippen LogP contribution < -0.4 is 0 Å². The predicted octanol–water partition coefficient (Wildman–Crippen LogP) is 11.3. The van der Waals surface area contributed by atoms with Gasteiger partial charge in [0.05, 0.1) is 22.8 Å². The molecule has 228 valence electrons. The Morgan fingerprint density at radius 1 is 0.465 bits per heavy atom. The Bertz CT molecular complexity index is 1530. The van der Waals surface area contributed by atoms with Gasteiger partial charge in [0.1, 0.15) is 0 Å². The van der Waals surface area contributed by atoms with Crippen molar-refractivity contribution in [1.82, 2.24) is 0 Å². The average molecular weight is 663 g/mol. The largest absolute Gasteiger partial charge is 0.252 e. The van der Waals surface area contributed by atoms with E-state index in [0.717, 1.165) is 22.8 Å². The summed E-state index contributed by atoms with van der Waals surface area (Å²) < 4.78 is 0. The molecule has 0 N–H and O–H groups in total. The minimum atomic E-state index is 0. The van der Waals surface area contributed by atoms with Crippen LogP contribution in [0.2, 0.25) is 0 Å². The van der Waals surface area contributed by atoms with E-state index in [-0.39, 0.29) is 32.3 Å². The first-order chi connectivity index (χ1) is 19.8. The van der Waals surface area contributed by atoms with Crippen molar-refractivity contribution in [2.45, 2.75) is 94.9 Å². The molecule has 0 saturated carbocycles. The molecule has 0 radical (unpaired) electrons. The molecule has 0 bridgehead atoms. The zero-order valence-electron chi connectivity index (χ0n) is 28.1. The molecular formula is C40H48N2Pd. The molecule has 2 atom stereocenters. The van der Waals surface area contributed by atoms with Gasteiger partial charge in [0.15, 0.2) is 0 Å². The van der Waals surface area contributed by atoms with E-state index in [2.05, 4.69) is 144 Å². The monoisotopic (exact) mass is 662 g/mol. The van der Waals surface area contributed by atoms with E-state index in [0.29, 0.717) is 0 Å². The van der Waals surface area contributed by atoms with E-state index >= 15 is 0 Å². The Balaban J connectivity index is 0.00000506. The molecule has 4 rings (SSSR count). The van der Waals surface area contributed by atoms with Crippen LogP contribution in [0.25, 0.3) is 0 Å². The minimum absolute atomic E-state index is 0. The number of hydrogen-bond donors (Lipinski definition) is 0. The summed E-state index contributed by atoms with van der Waals surface area (Å²) in [5.41, 5.74) is 19.7. The van der Waals surface area contributed by atoms with E-state index in [9.17, 15) is 0 Å². The first kappa shape index (κ1) is 34.4. The smallest absolute Gasteiger partial charge is 0.0671 e. The van der Waals surface area contributed by atoms with E-state index in [1.54, 1.807) is 0 Å². The minimum Gasteiger partial charge on any atom is -0.252 e. The van der Waals surface area contributed by atoms with Gasteiger partial charge < -0.3 is 0 Å². The van der Waals surface area contributed by atoms with Gasteiger partial charge in [0.25, 0.3) is 0 Å². The van der Waals surface area contributed by atoms with Crippen LogP contribution >= 0.6 is 0 Å². The molecule has 2 nitrogen and oxygen atoms in total. The molecule has 0 aliphatic heterocycles. The molecule has 3 heteroatoms. The molecule has 43 heavy (non-hydrogen) atoms. The van der Waals surface area contributed by atoms with Crippen molar-refractivity contribution in [3.05, 3.63) is 127 Å². The average Bonchev–Trinajstić information content (AvgIpc) is 2.89. The Morgan fingerprint density at radius 3 is 1.07 bits per heavy atom. The number of nitrogens with zero attached hydrogens (tertiary/aromatic N) is 2. The third-order valence-corrected chi connectivity index (χ3v) is 8.74. The van der Waals surface area contributed by atoms with Gasteiger partial charge in [0, 0.05) is 32.3 Å². The van der Waals surface area contributed by atoms with Crippen LogP contribution in [-0.4, -0.2) is 11.4 Å². The van der Waals surface area contributed by atoms with E-state index in [1.165, 1.54) is 66.8 Å².